The molecule has 2 aromatic rings. The molecule has 0 fully saturated rings. The molecule has 1 aliphatic rings. The third-order valence-corrected chi connectivity index (χ3v) is 4.49. The summed E-state index contributed by atoms with van der Waals surface area (Å²) in [6.07, 6.45) is 0.659. The van der Waals surface area contributed by atoms with Crippen LogP contribution in [0.2, 0.25) is 0 Å². The van der Waals surface area contributed by atoms with Crippen LogP contribution in [0.5, 0.6) is 5.75 Å². The number of amides is 2. The summed E-state index contributed by atoms with van der Waals surface area (Å²) in [5, 5.41) is 2.83. The number of hydrogen-bond donors (Lipinski definition) is 1. The zero-order valence-electron chi connectivity index (χ0n) is 15.4. The van der Waals surface area contributed by atoms with Gasteiger partial charge in [-0.1, -0.05) is 19.1 Å². The zero-order valence-corrected chi connectivity index (χ0v) is 15.4. The molecule has 6 nitrogen and oxygen atoms in total. The lowest BCUT2D eigenvalue weighted by atomic mass is 10.1. The van der Waals surface area contributed by atoms with Gasteiger partial charge < -0.3 is 15.0 Å². The van der Waals surface area contributed by atoms with Crippen molar-refractivity contribution in [1.29, 1.82) is 0 Å². The maximum Gasteiger partial charge on any atom is 0.265 e. The average molecular weight is 366 g/mol. The van der Waals surface area contributed by atoms with Crippen LogP contribution < -0.4 is 15.0 Å². The second-order valence-electron chi connectivity index (χ2n) is 6.47. The summed E-state index contributed by atoms with van der Waals surface area (Å²) in [7, 11) is 0. The molecule has 2 amide bonds. The lowest BCUT2D eigenvalue weighted by Gasteiger charge is -2.27. The fourth-order valence-corrected chi connectivity index (χ4v) is 3.12. The highest BCUT2D eigenvalue weighted by atomic mass is 16.5. The molecule has 0 aliphatic carbocycles. The van der Waals surface area contributed by atoms with E-state index in [0.29, 0.717) is 29.1 Å². The Kier molecular flexibility index (Phi) is 5.54. The summed E-state index contributed by atoms with van der Waals surface area (Å²) in [6, 6.07) is 13.7. The monoisotopic (exact) mass is 366 g/mol. The summed E-state index contributed by atoms with van der Waals surface area (Å²) in [4.78, 5) is 38.1. The summed E-state index contributed by atoms with van der Waals surface area (Å²) in [5.74, 6) is 0.216. The summed E-state index contributed by atoms with van der Waals surface area (Å²) < 4.78 is 5.61. The van der Waals surface area contributed by atoms with E-state index < -0.39 is 0 Å². The summed E-state index contributed by atoms with van der Waals surface area (Å²) in [6.45, 7) is 3.49. The van der Waals surface area contributed by atoms with Gasteiger partial charge in [-0.05, 0) is 43.3 Å². The largest absolute Gasteiger partial charge is 0.484 e. The molecular formula is C21H22N2O4. The van der Waals surface area contributed by atoms with E-state index in [4.69, 9.17) is 4.74 Å². The lowest BCUT2D eigenvalue weighted by Crippen LogP contribution is -2.41. The van der Waals surface area contributed by atoms with Crippen molar-refractivity contribution in [3.05, 3.63) is 54.1 Å². The number of rotatable bonds is 5. The van der Waals surface area contributed by atoms with Crippen molar-refractivity contribution in [2.45, 2.75) is 32.7 Å². The summed E-state index contributed by atoms with van der Waals surface area (Å²) >= 11 is 0. The number of nitrogens with zero attached hydrogens (tertiary/aromatic N) is 1. The maximum atomic E-state index is 12.8. The second-order valence-corrected chi connectivity index (χ2v) is 6.47. The van der Waals surface area contributed by atoms with Crippen LogP contribution in [0.4, 0.5) is 11.4 Å². The molecule has 1 N–H and O–H groups in total. The number of ether oxygens (including phenoxy) is 1. The maximum absolute atomic E-state index is 12.8. The topological polar surface area (TPSA) is 75.7 Å². The minimum atomic E-state index is -0.283. The highest BCUT2D eigenvalue weighted by Crippen LogP contribution is 2.31. The van der Waals surface area contributed by atoms with Crippen molar-refractivity contribution in [3.63, 3.8) is 0 Å². The number of carbonyl (C=O) groups excluding carboxylic acids is 3. The van der Waals surface area contributed by atoms with Gasteiger partial charge in [0.25, 0.3) is 5.91 Å². The number of nitrogens with one attached hydrogen (secondary N) is 1. The Balaban J connectivity index is 1.73. The van der Waals surface area contributed by atoms with E-state index in [2.05, 4.69) is 5.32 Å². The van der Waals surface area contributed by atoms with Crippen molar-refractivity contribution in [2.24, 2.45) is 0 Å². The van der Waals surface area contributed by atoms with Gasteiger partial charge in [0.05, 0.1) is 11.4 Å². The molecular weight excluding hydrogens is 344 g/mol. The third-order valence-electron chi connectivity index (χ3n) is 4.49. The molecule has 0 radical (unpaired) electrons. The predicted molar refractivity (Wildman–Crippen MR) is 103 cm³/mol. The molecule has 6 heteroatoms. The van der Waals surface area contributed by atoms with Gasteiger partial charge in [-0.25, -0.2) is 0 Å². The van der Waals surface area contributed by atoms with E-state index in [0.717, 1.165) is 0 Å². The molecule has 3 rings (SSSR count). The van der Waals surface area contributed by atoms with E-state index in [1.807, 2.05) is 26.0 Å². The van der Waals surface area contributed by atoms with Crippen molar-refractivity contribution < 1.29 is 19.1 Å². The standard InChI is InChI=1S/C21H22N2O4/c1-3-19(24)15-8-10-16(11-9-15)27-13-21(26)23-14(2)12-20(25)22-17-6-4-5-7-18(17)23/h4-11,14H,3,12-13H2,1-2H3,(H,22,25)/t14-/m0/s1. The second kappa shape index (κ2) is 8.03. The minimum absolute atomic E-state index is 0.0600. The van der Waals surface area contributed by atoms with Crippen LogP contribution in [0.25, 0.3) is 0 Å². The molecule has 1 heterocycles. The average Bonchev–Trinajstić information content (AvgIpc) is 2.80. The minimum Gasteiger partial charge on any atom is -0.484 e. The molecule has 0 aromatic heterocycles. The first-order valence-electron chi connectivity index (χ1n) is 8.96. The quantitative estimate of drug-likeness (QED) is 0.823. The summed E-state index contributed by atoms with van der Waals surface area (Å²) in [5.41, 5.74) is 1.90. The van der Waals surface area contributed by atoms with Crippen molar-refractivity contribution in [1.82, 2.24) is 0 Å². The van der Waals surface area contributed by atoms with Gasteiger partial charge in [0.15, 0.2) is 12.4 Å². The van der Waals surface area contributed by atoms with Gasteiger partial charge in [-0.15, -0.1) is 0 Å². The number of benzene rings is 2. The molecule has 0 bridgehead atoms. The molecule has 0 saturated carbocycles. The first kappa shape index (κ1) is 18.6. The number of fused-ring (bicyclic) bond motifs is 1. The Bertz CT molecular complexity index is 861. The first-order valence-corrected chi connectivity index (χ1v) is 8.96. The van der Waals surface area contributed by atoms with E-state index in [1.165, 1.54) is 0 Å². The van der Waals surface area contributed by atoms with Crippen molar-refractivity contribution in [3.8, 4) is 5.75 Å². The van der Waals surface area contributed by atoms with Crippen LogP contribution in [-0.4, -0.2) is 30.2 Å². The predicted octanol–water partition coefficient (Wildman–Crippen LogP) is 3.42. The molecule has 0 saturated heterocycles. The van der Waals surface area contributed by atoms with Gasteiger partial charge in [0.1, 0.15) is 5.75 Å². The van der Waals surface area contributed by atoms with Crippen LogP contribution in [0, 0.1) is 0 Å². The van der Waals surface area contributed by atoms with E-state index in [-0.39, 0.29) is 36.7 Å². The Labute approximate surface area is 158 Å². The van der Waals surface area contributed by atoms with Crippen molar-refractivity contribution >= 4 is 29.0 Å². The Hall–Kier alpha value is -3.15. The van der Waals surface area contributed by atoms with E-state index >= 15 is 0 Å². The molecule has 140 valence electrons. The van der Waals surface area contributed by atoms with Crippen LogP contribution in [0.15, 0.2) is 48.5 Å². The smallest absolute Gasteiger partial charge is 0.265 e. The third kappa shape index (κ3) is 4.16. The van der Waals surface area contributed by atoms with Crippen molar-refractivity contribution in [2.75, 3.05) is 16.8 Å². The van der Waals surface area contributed by atoms with Gasteiger partial charge in [-0.2, -0.15) is 0 Å². The molecule has 0 unspecified atom stereocenters. The SMILES string of the molecule is CCC(=O)c1ccc(OCC(=O)N2c3ccccc3NC(=O)C[C@@H]2C)cc1. The highest BCUT2D eigenvalue weighted by molar-refractivity contribution is 6.04. The molecule has 1 atom stereocenters. The van der Waals surface area contributed by atoms with Crippen LogP contribution in [0.3, 0.4) is 0 Å². The van der Waals surface area contributed by atoms with Crippen LogP contribution in [-0.2, 0) is 9.59 Å². The highest BCUT2D eigenvalue weighted by Gasteiger charge is 2.29. The number of Topliss-reactive ketones (excluding diaryl/α,β-unsaturated/α-hetero) is 1. The lowest BCUT2D eigenvalue weighted by molar-refractivity contribution is -0.121. The Morgan fingerprint density at radius 1 is 1.15 bits per heavy atom. The number of carbonyl (C=O) groups is 3. The van der Waals surface area contributed by atoms with Gasteiger partial charge in [0.2, 0.25) is 5.91 Å². The Morgan fingerprint density at radius 3 is 2.56 bits per heavy atom. The number of anilines is 2. The fraction of sp³-hybridized carbons (Fsp3) is 0.286. The number of ketones is 1. The normalized spacial score (nSPS) is 16.1. The van der Waals surface area contributed by atoms with Gasteiger partial charge in [0, 0.05) is 24.4 Å². The first-order chi connectivity index (χ1) is 13.0. The van der Waals surface area contributed by atoms with E-state index in [1.54, 1.807) is 41.3 Å². The number of para-hydroxylation sites is 2. The van der Waals surface area contributed by atoms with E-state index in [9.17, 15) is 14.4 Å². The Morgan fingerprint density at radius 2 is 1.85 bits per heavy atom. The molecule has 0 spiro atoms. The number of hydrogen-bond acceptors (Lipinski definition) is 4. The molecule has 27 heavy (non-hydrogen) atoms. The molecule has 2 aromatic carbocycles. The molecule has 1 aliphatic heterocycles. The van der Waals surface area contributed by atoms with Crippen LogP contribution in [0.1, 0.15) is 37.0 Å². The zero-order chi connectivity index (χ0) is 19.4. The fourth-order valence-electron chi connectivity index (χ4n) is 3.12. The van der Waals surface area contributed by atoms with Gasteiger partial charge in [-0.3, -0.25) is 14.4 Å². The van der Waals surface area contributed by atoms with Crippen LogP contribution >= 0.6 is 0 Å². The van der Waals surface area contributed by atoms with Gasteiger partial charge >= 0.3 is 0 Å².